The number of aromatic nitrogens is 2. The van der Waals surface area contributed by atoms with Crippen LogP contribution in [-0.2, 0) is 24.5 Å². The molecule has 1 unspecified atom stereocenters. The van der Waals surface area contributed by atoms with Crippen molar-refractivity contribution >= 4 is 40.4 Å². The Bertz CT molecular complexity index is 1530. The number of H-pyrrole nitrogens is 1. The number of ether oxygens (including phenoxy) is 1. The fraction of sp³-hybridized carbons (Fsp3) is 0.543. The molecule has 1 heterocycles. The van der Waals surface area contributed by atoms with E-state index in [1.165, 1.54) is 0 Å². The molecule has 3 aromatic rings. The zero-order chi connectivity index (χ0) is 33.1. The Labute approximate surface area is 271 Å². The molecule has 0 bridgehead atoms. The molecular formula is C35H48ClN5O4. The summed E-state index contributed by atoms with van der Waals surface area (Å²) >= 11 is 6.77. The predicted octanol–water partition coefficient (Wildman–Crippen LogP) is 5.79. The molecule has 4 N–H and O–H groups in total. The van der Waals surface area contributed by atoms with Crippen molar-refractivity contribution in [2.45, 2.75) is 84.7 Å². The van der Waals surface area contributed by atoms with Gasteiger partial charge in [-0.25, -0.2) is 4.98 Å². The van der Waals surface area contributed by atoms with Gasteiger partial charge >= 0.3 is 0 Å². The number of imidazole rings is 1. The Hall–Kier alpha value is -3.43. The Morgan fingerprint density at radius 1 is 1.07 bits per heavy atom. The molecule has 1 aliphatic carbocycles. The van der Waals surface area contributed by atoms with Crippen LogP contribution in [-0.4, -0.2) is 54.0 Å². The van der Waals surface area contributed by atoms with E-state index in [1.54, 1.807) is 7.11 Å². The van der Waals surface area contributed by atoms with Crippen LogP contribution in [0.5, 0.6) is 0 Å². The lowest BCUT2D eigenvalue weighted by Crippen LogP contribution is -2.55. The van der Waals surface area contributed by atoms with Gasteiger partial charge in [0.05, 0.1) is 29.1 Å². The maximum atomic E-state index is 13.9. The average molecular weight is 638 g/mol. The number of nitrogens with one attached hydrogen (secondary N) is 4. The molecule has 0 aliphatic heterocycles. The number of aromatic amines is 1. The molecule has 4 rings (SSSR count). The lowest BCUT2D eigenvalue weighted by molar-refractivity contribution is -0.134. The van der Waals surface area contributed by atoms with Crippen molar-refractivity contribution in [2.75, 3.05) is 20.3 Å². The maximum Gasteiger partial charge on any atom is 0.242 e. The smallest absolute Gasteiger partial charge is 0.242 e. The number of methoxy groups -OCH3 is 1. The minimum Gasteiger partial charge on any atom is -0.383 e. The third-order valence-corrected chi connectivity index (χ3v) is 9.48. The second-order valence-corrected chi connectivity index (χ2v) is 13.9. The van der Waals surface area contributed by atoms with E-state index in [4.69, 9.17) is 21.3 Å². The highest BCUT2D eigenvalue weighted by Crippen LogP contribution is 2.60. The lowest BCUT2D eigenvalue weighted by Gasteiger charge is -2.33. The normalized spacial score (nSPS) is 17.4. The molecule has 244 valence electrons. The van der Waals surface area contributed by atoms with Crippen LogP contribution in [0.3, 0.4) is 0 Å². The number of amides is 3. The third-order valence-electron chi connectivity index (χ3n) is 9.14. The average Bonchev–Trinajstić information content (AvgIpc) is 3.58. The first-order chi connectivity index (χ1) is 21.3. The summed E-state index contributed by atoms with van der Waals surface area (Å²) < 4.78 is 5.54. The minimum absolute atomic E-state index is 0.0593. The second kappa shape index (κ2) is 13.9. The van der Waals surface area contributed by atoms with Gasteiger partial charge in [-0.05, 0) is 67.3 Å². The van der Waals surface area contributed by atoms with Crippen LogP contribution in [0.25, 0.3) is 11.0 Å². The molecule has 10 heteroatoms. The monoisotopic (exact) mass is 637 g/mol. The number of halogens is 1. The van der Waals surface area contributed by atoms with Crippen LogP contribution in [0.1, 0.15) is 90.2 Å². The Morgan fingerprint density at radius 3 is 2.33 bits per heavy atom. The molecule has 3 amide bonds. The van der Waals surface area contributed by atoms with Gasteiger partial charge in [-0.15, -0.1) is 0 Å². The molecule has 1 saturated carbocycles. The number of nitrogens with zero attached hydrogens (tertiary/aromatic N) is 1. The Kier molecular flexibility index (Phi) is 10.6. The Balaban J connectivity index is 1.77. The fourth-order valence-electron chi connectivity index (χ4n) is 6.03. The summed E-state index contributed by atoms with van der Waals surface area (Å²) in [5, 5.41) is 9.74. The highest BCUT2D eigenvalue weighted by molar-refractivity contribution is 6.31. The highest BCUT2D eigenvalue weighted by Gasteiger charge is 2.51. The highest BCUT2D eigenvalue weighted by atomic mass is 35.5. The summed E-state index contributed by atoms with van der Waals surface area (Å²) in [5.41, 5.74) is 1.97. The molecule has 1 aromatic heterocycles. The van der Waals surface area contributed by atoms with Crippen molar-refractivity contribution in [3.05, 3.63) is 64.4 Å². The van der Waals surface area contributed by atoms with E-state index in [2.05, 4.69) is 27.9 Å². The number of hydrogen-bond donors (Lipinski definition) is 4. The number of rotatable bonds is 14. The van der Waals surface area contributed by atoms with Crippen molar-refractivity contribution in [1.29, 1.82) is 0 Å². The Morgan fingerprint density at radius 2 is 1.76 bits per heavy atom. The van der Waals surface area contributed by atoms with Crippen LogP contribution in [0.2, 0.25) is 5.02 Å². The zero-order valence-corrected chi connectivity index (χ0v) is 28.5. The van der Waals surface area contributed by atoms with Crippen LogP contribution >= 0.6 is 11.6 Å². The SMILES string of the molecule is CCNC(=O)[C@H](NC(=O)C(C)(COC)c1ccc2nc([C@@H](NC(=O)C(C)C)[C@H](c3ccccc3Cl)C3(C)CC3)[nH]c2c1)C(C)C. The van der Waals surface area contributed by atoms with Gasteiger partial charge in [0.15, 0.2) is 0 Å². The molecule has 0 spiro atoms. The summed E-state index contributed by atoms with van der Waals surface area (Å²) in [6, 6.07) is 12.3. The van der Waals surface area contributed by atoms with Crippen molar-refractivity contribution in [3.63, 3.8) is 0 Å². The molecule has 0 radical (unpaired) electrons. The summed E-state index contributed by atoms with van der Waals surface area (Å²) in [5.74, 6) is -0.411. The van der Waals surface area contributed by atoms with Gasteiger partial charge in [0.1, 0.15) is 11.9 Å². The van der Waals surface area contributed by atoms with E-state index < -0.39 is 17.5 Å². The van der Waals surface area contributed by atoms with Crippen molar-refractivity contribution in [3.8, 4) is 0 Å². The number of carbonyl (C=O) groups excluding carboxylic acids is 3. The number of hydrogen-bond acceptors (Lipinski definition) is 5. The summed E-state index contributed by atoms with van der Waals surface area (Å²) in [6.07, 6.45) is 2.03. The van der Waals surface area contributed by atoms with Gasteiger partial charge in [-0.1, -0.05) is 70.5 Å². The quantitative estimate of drug-likeness (QED) is 0.178. The van der Waals surface area contributed by atoms with Crippen molar-refractivity contribution in [2.24, 2.45) is 17.3 Å². The standard InChI is InChI=1S/C35H48ClN5O4/c1-9-37-32(43)28(20(2)3)41-33(44)35(7,19-45-8)22-14-15-25-26(18-22)39-30(38-25)29(40-31(42)21(4)5)27(34(6)16-17-34)23-12-10-11-13-24(23)36/h10-15,18,20-21,27-29H,9,16-17,19H2,1-8H3,(H,37,43)(H,38,39)(H,40,42)(H,41,44)/t27-,28+,29-,35?/m0/s1. The van der Waals surface area contributed by atoms with Crippen molar-refractivity contribution in [1.82, 2.24) is 25.9 Å². The van der Waals surface area contributed by atoms with Gasteiger partial charge < -0.3 is 25.7 Å². The van der Waals surface area contributed by atoms with Crippen LogP contribution in [0, 0.1) is 17.3 Å². The van der Waals surface area contributed by atoms with E-state index >= 15 is 0 Å². The van der Waals surface area contributed by atoms with Gasteiger partial charge in [0.25, 0.3) is 0 Å². The first-order valence-corrected chi connectivity index (χ1v) is 16.3. The summed E-state index contributed by atoms with van der Waals surface area (Å²) in [6.45, 7) is 14.0. The molecule has 0 saturated heterocycles. The second-order valence-electron chi connectivity index (χ2n) is 13.5. The van der Waals surface area contributed by atoms with Gasteiger partial charge in [-0.2, -0.15) is 0 Å². The topological polar surface area (TPSA) is 125 Å². The van der Waals surface area contributed by atoms with Crippen LogP contribution in [0.15, 0.2) is 42.5 Å². The molecule has 1 aliphatic rings. The maximum absolute atomic E-state index is 13.9. The molecule has 1 fully saturated rings. The lowest BCUT2D eigenvalue weighted by atomic mass is 9.78. The van der Waals surface area contributed by atoms with Crippen LogP contribution in [0.4, 0.5) is 0 Å². The van der Waals surface area contributed by atoms with Gasteiger partial charge in [-0.3, -0.25) is 14.4 Å². The van der Waals surface area contributed by atoms with Crippen molar-refractivity contribution < 1.29 is 19.1 Å². The molecule has 45 heavy (non-hydrogen) atoms. The summed E-state index contributed by atoms with van der Waals surface area (Å²) in [4.78, 5) is 48.3. The minimum atomic E-state index is -1.10. The summed E-state index contributed by atoms with van der Waals surface area (Å²) in [7, 11) is 1.55. The first kappa shape index (κ1) is 34.4. The first-order valence-electron chi connectivity index (χ1n) is 15.9. The number of benzene rings is 2. The fourth-order valence-corrected chi connectivity index (χ4v) is 6.28. The third kappa shape index (κ3) is 7.36. The van der Waals surface area contributed by atoms with E-state index in [0.717, 1.165) is 23.9 Å². The van der Waals surface area contributed by atoms with E-state index in [1.807, 2.05) is 84.0 Å². The van der Waals surface area contributed by atoms with E-state index in [0.29, 0.717) is 28.5 Å². The number of likely N-dealkylation sites (N-methyl/N-ethyl adjacent to an activating group) is 1. The molecular weight excluding hydrogens is 590 g/mol. The number of carbonyl (C=O) groups is 3. The van der Waals surface area contributed by atoms with E-state index in [-0.39, 0.29) is 47.5 Å². The number of fused-ring (bicyclic) bond motifs is 1. The predicted molar refractivity (Wildman–Crippen MR) is 178 cm³/mol. The molecule has 2 aromatic carbocycles. The molecule has 4 atom stereocenters. The zero-order valence-electron chi connectivity index (χ0n) is 27.7. The van der Waals surface area contributed by atoms with Crippen LogP contribution < -0.4 is 16.0 Å². The molecule has 9 nitrogen and oxygen atoms in total. The van der Waals surface area contributed by atoms with E-state index in [9.17, 15) is 14.4 Å². The largest absolute Gasteiger partial charge is 0.383 e. The van der Waals surface area contributed by atoms with Gasteiger partial charge in [0.2, 0.25) is 17.7 Å². The van der Waals surface area contributed by atoms with Gasteiger partial charge in [0, 0.05) is 30.5 Å².